The second-order valence-corrected chi connectivity index (χ2v) is 8.81. The highest BCUT2D eigenvalue weighted by Gasteiger charge is 2.34. The lowest BCUT2D eigenvalue weighted by molar-refractivity contribution is -0.118. The maximum Gasteiger partial charge on any atom is 0.348 e. The zero-order valence-electron chi connectivity index (χ0n) is 14.0. The Bertz CT molecular complexity index is 908. The molecule has 1 N–H and O–H groups in total. The number of nitrogens with zero attached hydrogens (tertiary/aromatic N) is 1. The largest absolute Gasteiger partial charge is 0.461 e. The summed E-state index contributed by atoms with van der Waals surface area (Å²) in [6.45, 7) is 2.06. The second kappa shape index (κ2) is 7.56. The number of hydrogen-bond donors (Lipinski definition) is 1. The van der Waals surface area contributed by atoms with Gasteiger partial charge in [0.05, 0.1) is 19.7 Å². The lowest BCUT2D eigenvalue weighted by Gasteiger charge is -2.12. The van der Waals surface area contributed by atoms with Crippen molar-refractivity contribution in [1.29, 1.82) is 0 Å². The molecule has 0 aliphatic carbocycles. The van der Waals surface area contributed by atoms with Crippen LogP contribution in [0.25, 0.3) is 0 Å². The standard InChI is InChI=1S/C17H18N2O5S2/c1-12(13-5-3-2-4-6-13)11-24-17(21)15-8-7-14(25-15)9-19-10-16(20)18-26(19,22)23/h2-8,12H,9-11H2,1H3,(H,18,20). The van der Waals surface area contributed by atoms with Crippen LogP contribution in [0, 0.1) is 0 Å². The quantitative estimate of drug-likeness (QED) is 0.755. The van der Waals surface area contributed by atoms with Gasteiger partial charge in [0.15, 0.2) is 0 Å². The van der Waals surface area contributed by atoms with E-state index in [0.717, 1.165) is 21.2 Å². The molecule has 0 saturated carbocycles. The maximum atomic E-state index is 12.2. The highest BCUT2D eigenvalue weighted by Crippen LogP contribution is 2.22. The van der Waals surface area contributed by atoms with Crippen LogP contribution in [0.3, 0.4) is 0 Å². The van der Waals surface area contributed by atoms with Gasteiger partial charge in [0, 0.05) is 10.8 Å². The summed E-state index contributed by atoms with van der Waals surface area (Å²) in [6, 6.07) is 13.0. The van der Waals surface area contributed by atoms with Crippen molar-refractivity contribution in [2.24, 2.45) is 0 Å². The van der Waals surface area contributed by atoms with Crippen LogP contribution < -0.4 is 4.72 Å². The fourth-order valence-electron chi connectivity index (χ4n) is 2.52. The van der Waals surface area contributed by atoms with E-state index in [9.17, 15) is 18.0 Å². The molecule has 0 spiro atoms. The second-order valence-electron chi connectivity index (χ2n) is 5.97. The van der Waals surface area contributed by atoms with Crippen LogP contribution in [-0.2, 0) is 26.3 Å². The zero-order valence-corrected chi connectivity index (χ0v) is 15.7. The summed E-state index contributed by atoms with van der Waals surface area (Å²) >= 11 is 1.16. The molecule has 1 atom stereocenters. The minimum Gasteiger partial charge on any atom is -0.461 e. The van der Waals surface area contributed by atoms with E-state index in [1.54, 1.807) is 12.1 Å². The van der Waals surface area contributed by atoms with Crippen LogP contribution in [-0.4, -0.2) is 37.8 Å². The predicted molar refractivity (Wildman–Crippen MR) is 96.9 cm³/mol. The molecule has 0 radical (unpaired) electrons. The minimum atomic E-state index is -3.77. The van der Waals surface area contributed by atoms with Gasteiger partial charge in [0.1, 0.15) is 4.88 Å². The highest BCUT2D eigenvalue weighted by atomic mass is 32.2. The average Bonchev–Trinajstić information content (AvgIpc) is 3.17. The molecule has 2 heterocycles. The third-order valence-corrected chi connectivity index (χ3v) is 6.40. The fourth-order valence-corrected chi connectivity index (χ4v) is 4.60. The van der Waals surface area contributed by atoms with Gasteiger partial charge in [-0.1, -0.05) is 37.3 Å². The topological polar surface area (TPSA) is 92.8 Å². The molecule has 1 aromatic heterocycles. The van der Waals surface area contributed by atoms with Crippen LogP contribution in [0.2, 0.25) is 0 Å². The van der Waals surface area contributed by atoms with E-state index < -0.39 is 22.1 Å². The maximum absolute atomic E-state index is 12.2. The van der Waals surface area contributed by atoms with E-state index in [1.807, 2.05) is 42.0 Å². The van der Waals surface area contributed by atoms with E-state index in [2.05, 4.69) is 0 Å². The van der Waals surface area contributed by atoms with Crippen molar-refractivity contribution in [3.63, 3.8) is 0 Å². The molecule has 1 fully saturated rings. The van der Waals surface area contributed by atoms with Gasteiger partial charge in [0.25, 0.3) is 0 Å². The van der Waals surface area contributed by atoms with Crippen molar-refractivity contribution in [2.75, 3.05) is 13.2 Å². The predicted octanol–water partition coefficient (Wildman–Crippen LogP) is 1.89. The minimum absolute atomic E-state index is 0.0411. The number of amides is 1. The number of ether oxygens (including phenoxy) is 1. The number of benzene rings is 1. The number of thiophene rings is 1. The van der Waals surface area contributed by atoms with Gasteiger partial charge in [-0.3, -0.25) is 4.79 Å². The first kappa shape index (κ1) is 18.6. The monoisotopic (exact) mass is 394 g/mol. The van der Waals surface area contributed by atoms with Gasteiger partial charge in [-0.2, -0.15) is 12.7 Å². The smallest absolute Gasteiger partial charge is 0.348 e. The van der Waals surface area contributed by atoms with Crippen LogP contribution in [0.4, 0.5) is 0 Å². The number of nitrogens with one attached hydrogen (secondary N) is 1. The molecule has 2 aromatic rings. The van der Waals surface area contributed by atoms with Crippen molar-refractivity contribution in [3.8, 4) is 0 Å². The normalized spacial score (nSPS) is 17.7. The van der Waals surface area contributed by atoms with E-state index in [1.165, 1.54) is 0 Å². The SMILES string of the molecule is CC(COC(=O)c1ccc(CN2CC(=O)NS2(=O)=O)s1)c1ccccc1. The Balaban J connectivity index is 1.57. The molecular weight excluding hydrogens is 376 g/mol. The number of hydrogen-bond acceptors (Lipinski definition) is 6. The molecule has 0 bridgehead atoms. The molecule has 3 rings (SSSR count). The van der Waals surface area contributed by atoms with Crippen molar-refractivity contribution in [1.82, 2.24) is 9.03 Å². The van der Waals surface area contributed by atoms with E-state index in [0.29, 0.717) is 9.75 Å². The van der Waals surface area contributed by atoms with Crippen LogP contribution in [0.1, 0.15) is 33.0 Å². The van der Waals surface area contributed by atoms with Crippen molar-refractivity contribution >= 4 is 33.4 Å². The Morgan fingerprint density at radius 3 is 2.65 bits per heavy atom. The molecule has 26 heavy (non-hydrogen) atoms. The van der Waals surface area contributed by atoms with Crippen LogP contribution in [0.15, 0.2) is 42.5 Å². The zero-order chi connectivity index (χ0) is 18.7. The Morgan fingerprint density at radius 1 is 1.27 bits per heavy atom. The Hall–Kier alpha value is -2.23. The summed E-state index contributed by atoms with van der Waals surface area (Å²) < 4.78 is 31.8. The molecule has 1 amide bonds. The number of carbonyl (C=O) groups excluding carboxylic acids is 2. The summed E-state index contributed by atoms with van der Waals surface area (Å²) in [4.78, 5) is 24.5. The van der Waals surface area contributed by atoms with Crippen molar-refractivity contribution in [2.45, 2.75) is 19.4 Å². The lowest BCUT2D eigenvalue weighted by Crippen LogP contribution is -2.28. The molecule has 1 unspecified atom stereocenters. The summed E-state index contributed by atoms with van der Waals surface area (Å²) in [5, 5.41) is 0. The van der Waals surface area contributed by atoms with Crippen molar-refractivity contribution < 1.29 is 22.7 Å². The molecule has 138 valence electrons. The molecule has 1 aliphatic heterocycles. The Morgan fingerprint density at radius 2 is 2.00 bits per heavy atom. The summed E-state index contributed by atoms with van der Waals surface area (Å²) in [5.41, 5.74) is 1.09. The summed E-state index contributed by atoms with van der Waals surface area (Å²) in [6.07, 6.45) is 0. The first-order chi connectivity index (χ1) is 12.3. The lowest BCUT2D eigenvalue weighted by atomic mass is 10.0. The Kier molecular flexibility index (Phi) is 5.40. The number of rotatable bonds is 6. The molecular formula is C17H18N2O5S2. The van der Waals surface area contributed by atoms with E-state index in [-0.39, 0.29) is 25.6 Å². The number of esters is 1. The summed E-state index contributed by atoms with van der Waals surface area (Å²) in [5.74, 6) is -0.926. The van der Waals surface area contributed by atoms with Crippen molar-refractivity contribution in [3.05, 3.63) is 57.8 Å². The average molecular weight is 394 g/mol. The fraction of sp³-hybridized carbons (Fsp3) is 0.294. The highest BCUT2D eigenvalue weighted by molar-refractivity contribution is 7.88. The first-order valence-corrected chi connectivity index (χ1v) is 10.2. The molecule has 1 aliphatic rings. The van der Waals surface area contributed by atoms with Crippen LogP contribution in [0.5, 0.6) is 0 Å². The van der Waals surface area contributed by atoms with Gasteiger partial charge >= 0.3 is 16.2 Å². The Labute approximate surface area is 155 Å². The van der Waals surface area contributed by atoms with Crippen LogP contribution >= 0.6 is 11.3 Å². The van der Waals surface area contributed by atoms with Gasteiger partial charge in [0.2, 0.25) is 5.91 Å². The van der Waals surface area contributed by atoms with E-state index in [4.69, 9.17) is 4.74 Å². The number of carbonyl (C=O) groups is 2. The molecule has 7 nitrogen and oxygen atoms in total. The molecule has 1 aromatic carbocycles. The van der Waals surface area contributed by atoms with Gasteiger partial charge in [-0.15, -0.1) is 11.3 Å². The third kappa shape index (κ3) is 4.29. The van der Waals surface area contributed by atoms with Gasteiger partial charge in [-0.25, -0.2) is 9.52 Å². The summed E-state index contributed by atoms with van der Waals surface area (Å²) in [7, 11) is -3.77. The molecule has 9 heteroatoms. The molecule has 1 saturated heterocycles. The van der Waals surface area contributed by atoms with Gasteiger partial charge < -0.3 is 4.74 Å². The van der Waals surface area contributed by atoms with Gasteiger partial charge in [-0.05, 0) is 17.7 Å². The first-order valence-electron chi connectivity index (χ1n) is 7.96. The van der Waals surface area contributed by atoms with E-state index >= 15 is 0 Å². The third-order valence-electron chi connectivity index (χ3n) is 3.93.